The second kappa shape index (κ2) is 7.86. The SMILES string of the molecule is C=CCOC(=O)N(C)CCC[C@H]1C(=O)[C@H](C(=O)O)N2C(=O)[C@H]([C@@H](C)O)[C@@H]12. The lowest BCUT2D eigenvalue weighted by Gasteiger charge is -2.46. The van der Waals surface area contributed by atoms with E-state index in [-0.39, 0.29) is 6.61 Å². The normalized spacial score (nSPS) is 28.2. The Morgan fingerprint density at radius 3 is 2.62 bits per heavy atom. The number of Topliss-reactive ketones (excluding diaryl/α,β-unsaturated/α-hetero) is 1. The molecule has 2 N–H and O–H groups in total. The van der Waals surface area contributed by atoms with Crippen molar-refractivity contribution in [3.05, 3.63) is 12.7 Å². The van der Waals surface area contributed by atoms with Gasteiger partial charge in [0, 0.05) is 19.5 Å². The van der Waals surface area contributed by atoms with Gasteiger partial charge in [0.15, 0.2) is 11.8 Å². The first kappa shape index (κ1) is 19.9. The molecular formula is C17H24N2O7. The number of hydrogen-bond acceptors (Lipinski definition) is 6. The molecule has 2 aliphatic rings. The van der Waals surface area contributed by atoms with Crippen LogP contribution in [0.15, 0.2) is 12.7 Å². The fourth-order valence-electron chi connectivity index (χ4n) is 3.73. The molecule has 0 aliphatic carbocycles. The van der Waals surface area contributed by atoms with Crippen molar-refractivity contribution in [3.8, 4) is 0 Å². The van der Waals surface area contributed by atoms with Crippen molar-refractivity contribution in [2.45, 2.75) is 38.0 Å². The maximum atomic E-state index is 12.5. The molecule has 26 heavy (non-hydrogen) atoms. The summed E-state index contributed by atoms with van der Waals surface area (Å²) in [6, 6.07) is -2.09. The van der Waals surface area contributed by atoms with Crippen LogP contribution in [0.5, 0.6) is 0 Å². The monoisotopic (exact) mass is 368 g/mol. The second-order valence-electron chi connectivity index (χ2n) is 6.68. The molecule has 9 heteroatoms. The van der Waals surface area contributed by atoms with Gasteiger partial charge in [-0.15, -0.1) is 0 Å². The molecule has 0 unspecified atom stereocenters. The number of carboxylic acid groups (broad SMARTS) is 1. The lowest BCUT2D eigenvalue weighted by atomic mass is 9.77. The van der Waals surface area contributed by atoms with E-state index >= 15 is 0 Å². The molecule has 2 fully saturated rings. The molecule has 144 valence electrons. The summed E-state index contributed by atoms with van der Waals surface area (Å²) in [5.74, 6) is -3.80. The van der Waals surface area contributed by atoms with Crippen molar-refractivity contribution in [3.63, 3.8) is 0 Å². The van der Waals surface area contributed by atoms with Gasteiger partial charge in [0.1, 0.15) is 6.61 Å². The van der Waals surface area contributed by atoms with E-state index in [0.29, 0.717) is 19.4 Å². The maximum Gasteiger partial charge on any atom is 0.409 e. The molecular weight excluding hydrogens is 344 g/mol. The van der Waals surface area contributed by atoms with E-state index in [0.717, 1.165) is 4.90 Å². The number of hydrogen-bond donors (Lipinski definition) is 2. The number of carbonyl (C=O) groups is 4. The quantitative estimate of drug-likeness (QED) is 0.348. The highest BCUT2D eigenvalue weighted by molar-refractivity contribution is 6.11. The zero-order chi connectivity index (χ0) is 19.6. The Bertz CT molecular complexity index is 618. The van der Waals surface area contributed by atoms with E-state index in [4.69, 9.17) is 4.74 Å². The molecule has 2 rings (SSSR count). The lowest BCUT2D eigenvalue weighted by Crippen LogP contribution is -2.65. The Labute approximate surface area is 151 Å². The first-order chi connectivity index (χ1) is 12.2. The molecule has 0 saturated carbocycles. The number of fused-ring (bicyclic) bond motifs is 1. The van der Waals surface area contributed by atoms with Crippen molar-refractivity contribution in [1.29, 1.82) is 0 Å². The summed E-state index contributed by atoms with van der Waals surface area (Å²) >= 11 is 0. The summed E-state index contributed by atoms with van der Waals surface area (Å²) in [5, 5.41) is 19.1. The first-order valence-corrected chi connectivity index (χ1v) is 8.47. The minimum atomic E-state index is -1.48. The highest BCUT2D eigenvalue weighted by atomic mass is 16.6. The highest BCUT2D eigenvalue weighted by Crippen LogP contribution is 2.44. The van der Waals surface area contributed by atoms with Crippen molar-refractivity contribution < 1.29 is 34.1 Å². The Balaban J connectivity index is 2.00. The summed E-state index contributed by atoms with van der Waals surface area (Å²) in [5.41, 5.74) is 0. The number of aliphatic hydroxyl groups excluding tert-OH is 1. The molecule has 0 bridgehead atoms. The largest absolute Gasteiger partial charge is 0.479 e. The van der Waals surface area contributed by atoms with Crippen LogP contribution in [0.2, 0.25) is 0 Å². The van der Waals surface area contributed by atoms with Gasteiger partial charge in [-0.05, 0) is 19.8 Å². The van der Waals surface area contributed by atoms with Crippen LogP contribution in [0.4, 0.5) is 4.79 Å². The molecule has 2 amide bonds. The van der Waals surface area contributed by atoms with Gasteiger partial charge in [-0.1, -0.05) is 12.7 Å². The number of ketones is 1. The zero-order valence-electron chi connectivity index (χ0n) is 14.8. The van der Waals surface area contributed by atoms with Gasteiger partial charge in [0.2, 0.25) is 5.91 Å². The number of carbonyl (C=O) groups excluding carboxylic acids is 3. The van der Waals surface area contributed by atoms with E-state index in [1.807, 2.05) is 0 Å². The fraction of sp³-hybridized carbons (Fsp3) is 0.647. The van der Waals surface area contributed by atoms with Crippen molar-refractivity contribution in [2.24, 2.45) is 11.8 Å². The number of carboxylic acids is 1. The third kappa shape index (κ3) is 3.44. The Morgan fingerprint density at radius 1 is 1.42 bits per heavy atom. The van der Waals surface area contributed by atoms with E-state index in [2.05, 4.69) is 6.58 Å². The van der Waals surface area contributed by atoms with E-state index < -0.39 is 53.8 Å². The Morgan fingerprint density at radius 2 is 2.08 bits per heavy atom. The van der Waals surface area contributed by atoms with Crippen molar-refractivity contribution >= 4 is 23.8 Å². The van der Waals surface area contributed by atoms with Crippen LogP contribution in [-0.4, -0.2) is 82.2 Å². The molecule has 2 heterocycles. The summed E-state index contributed by atoms with van der Waals surface area (Å²) in [6.45, 7) is 5.32. The standard InChI is InChI=1S/C17H24N2O7/c1-4-8-26-17(25)18(3)7-5-6-10-12-11(9(2)20)15(22)19(12)13(14(10)21)16(23)24/h4,9-13,20H,1,5-8H2,2-3H3,(H,23,24)/t9-,10-,11-,12-,13-/m1/s1. The molecule has 9 nitrogen and oxygen atoms in total. The van der Waals surface area contributed by atoms with Crippen LogP contribution in [0.25, 0.3) is 0 Å². The molecule has 2 saturated heterocycles. The zero-order valence-corrected chi connectivity index (χ0v) is 14.8. The third-order valence-electron chi connectivity index (χ3n) is 4.95. The summed E-state index contributed by atoms with van der Waals surface area (Å²) in [7, 11) is 1.56. The predicted molar refractivity (Wildman–Crippen MR) is 89.1 cm³/mol. The van der Waals surface area contributed by atoms with Gasteiger partial charge in [0.05, 0.1) is 18.1 Å². The minimum absolute atomic E-state index is 0.0970. The summed E-state index contributed by atoms with van der Waals surface area (Å²) < 4.78 is 4.90. The smallest absolute Gasteiger partial charge is 0.409 e. The summed E-state index contributed by atoms with van der Waals surface area (Å²) in [6.07, 6.45) is 0.733. The molecule has 2 aliphatic heterocycles. The van der Waals surface area contributed by atoms with Gasteiger partial charge >= 0.3 is 12.1 Å². The van der Waals surface area contributed by atoms with E-state index in [9.17, 15) is 29.4 Å². The minimum Gasteiger partial charge on any atom is -0.479 e. The number of rotatable bonds is 8. The van der Waals surface area contributed by atoms with Gasteiger partial charge in [-0.25, -0.2) is 9.59 Å². The number of amides is 2. The molecule has 0 aromatic heterocycles. The number of β-lactam (4-membered cyclic amide) rings is 1. The van der Waals surface area contributed by atoms with E-state index in [1.54, 1.807) is 7.05 Å². The van der Waals surface area contributed by atoms with Gasteiger partial charge in [-0.2, -0.15) is 0 Å². The van der Waals surface area contributed by atoms with Crippen molar-refractivity contribution in [2.75, 3.05) is 20.2 Å². The maximum absolute atomic E-state index is 12.5. The Hall–Kier alpha value is -2.42. The Kier molecular flexibility index (Phi) is 6.01. The number of ether oxygens (including phenoxy) is 1. The number of aliphatic carboxylic acids is 1. The summed E-state index contributed by atoms with van der Waals surface area (Å²) in [4.78, 5) is 50.1. The van der Waals surface area contributed by atoms with E-state index in [1.165, 1.54) is 17.9 Å². The van der Waals surface area contributed by atoms with Crippen LogP contribution >= 0.6 is 0 Å². The molecule has 5 atom stereocenters. The number of nitrogens with zero attached hydrogens (tertiary/aromatic N) is 2. The van der Waals surface area contributed by atoms with Crippen LogP contribution in [0.3, 0.4) is 0 Å². The molecule has 0 aromatic rings. The van der Waals surface area contributed by atoms with Gasteiger partial charge in [-0.3, -0.25) is 9.59 Å². The predicted octanol–water partition coefficient (Wildman–Crippen LogP) is -0.119. The second-order valence-corrected chi connectivity index (χ2v) is 6.68. The lowest BCUT2D eigenvalue weighted by molar-refractivity contribution is -0.171. The third-order valence-corrected chi connectivity index (χ3v) is 4.95. The van der Waals surface area contributed by atoms with Crippen LogP contribution in [0, 0.1) is 11.8 Å². The first-order valence-electron chi connectivity index (χ1n) is 8.47. The van der Waals surface area contributed by atoms with Crippen LogP contribution in [0.1, 0.15) is 19.8 Å². The van der Waals surface area contributed by atoms with Crippen molar-refractivity contribution in [1.82, 2.24) is 9.80 Å². The molecule has 0 radical (unpaired) electrons. The fourth-order valence-corrected chi connectivity index (χ4v) is 3.73. The topological polar surface area (TPSA) is 124 Å². The molecule has 0 aromatic carbocycles. The van der Waals surface area contributed by atoms with Gasteiger partial charge < -0.3 is 24.7 Å². The average molecular weight is 368 g/mol. The molecule has 0 spiro atoms. The average Bonchev–Trinajstić information content (AvgIpc) is 2.81. The number of aliphatic hydroxyl groups is 1. The highest BCUT2D eigenvalue weighted by Gasteiger charge is 2.65. The van der Waals surface area contributed by atoms with Crippen LogP contribution in [-0.2, 0) is 19.1 Å². The van der Waals surface area contributed by atoms with Gasteiger partial charge in [0.25, 0.3) is 0 Å². The van der Waals surface area contributed by atoms with Crippen LogP contribution < -0.4 is 0 Å².